The fraction of sp³-hybridized carbons (Fsp3) is 0.318. The van der Waals surface area contributed by atoms with E-state index in [0.717, 1.165) is 34.2 Å². The van der Waals surface area contributed by atoms with Crippen LogP contribution >= 0.6 is 0 Å². The van der Waals surface area contributed by atoms with Crippen LogP contribution in [0.5, 0.6) is 0 Å². The van der Waals surface area contributed by atoms with E-state index in [2.05, 4.69) is 6.58 Å². The summed E-state index contributed by atoms with van der Waals surface area (Å²) in [6.07, 6.45) is 1.53. The lowest BCUT2D eigenvalue weighted by Crippen LogP contribution is -2.11. The van der Waals surface area contributed by atoms with Crippen molar-refractivity contribution in [2.24, 2.45) is 0 Å². The molecule has 2 aromatic rings. The highest BCUT2D eigenvalue weighted by Crippen LogP contribution is 2.35. The Kier molecular flexibility index (Phi) is 5.38. The third-order valence-electron chi connectivity index (χ3n) is 4.23. The van der Waals surface area contributed by atoms with E-state index in [4.69, 9.17) is 5.41 Å². The first-order valence-electron chi connectivity index (χ1n) is 8.32. The molecule has 24 heavy (non-hydrogen) atoms. The van der Waals surface area contributed by atoms with Gasteiger partial charge < -0.3 is 5.41 Å². The van der Waals surface area contributed by atoms with Gasteiger partial charge in [0.1, 0.15) is 5.67 Å². The zero-order chi connectivity index (χ0) is 17.9. The normalized spacial score (nSPS) is 11.4. The van der Waals surface area contributed by atoms with Crippen molar-refractivity contribution in [3.63, 3.8) is 0 Å². The molecule has 1 nitrogen and oxygen atoms in total. The number of hydrogen-bond acceptors (Lipinski definition) is 1. The molecule has 0 aliphatic carbocycles. The van der Waals surface area contributed by atoms with E-state index in [-0.39, 0.29) is 0 Å². The van der Waals surface area contributed by atoms with Gasteiger partial charge in [0.2, 0.25) is 0 Å². The molecular formula is C22H26FN. The highest BCUT2D eigenvalue weighted by molar-refractivity contribution is 5.99. The first-order chi connectivity index (χ1) is 11.2. The fourth-order valence-electron chi connectivity index (χ4n) is 2.87. The predicted molar refractivity (Wildman–Crippen MR) is 102 cm³/mol. The molecule has 0 atom stereocenters. The summed E-state index contributed by atoms with van der Waals surface area (Å²) in [5.41, 5.74) is 4.93. The molecule has 2 rings (SSSR count). The van der Waals surface area contributed by atoms with Gasteiger partial charge in [0, 0.05) is 5.71 Å². The largest absolute Gasteiger partial charge is 0.305 e. The van der Waals surface area contributed by atoms with Crippen LogP contribution in [0.2, 0.25) is 0 Å². The number of alkyl halides is 1. The SMILES string of the molecule is C=C(C)CCC(=N)c1ccc(-c2ccccc2C(C)(C)F)c(C)c1. The maximum atomic E-state index is 14.5. The minimum absolute atomic E-state index is 0.617. The topological polar surface area (TPSA) is 23.9 Å². The lowest BCUT2D eigenvalue weighted by Gasteiger charge is -2.20. The maximum Gasteiger partial charge on any atom is 0.131 e. The molecule has 0 aromatic heterocycles. The molecule has 0 spiro atoms. The van der Waals surface area contributed by atoms with E-state index >= 15 is 0 Å². The number of hydrogen-bond donors (Lipinski definition) is 1. The van der Waals surface area contributed by atoms with E-state index in [1.807, 2.05) is 56.3 Å². The van der Waals surface area contributed by atoms with Gasteiger partial charge in [-0.05, 0) is 74.4 Å². The Morgan fingerprint density at radius 2 is 1.75 bits per heavy atom. The average molecular weight is 323 g/mol. The Bertz CT molecular complexity index is 766. The Labute approximate surface area is 144 Å². The molecule has 0 amide bonds. The maximum absolute atomic E-state index is 14.5. The summed E-state index contributed by atoms with van der Waals surface area (Å²) in [7, 11) is 0. The third kappa shape index (κ3) is 4.19. The van der Waals surface area contributed by atoms with Gasteiger partial charge in [-0.15, -0.1) is 6.58 Å². The number of rotatable bonds is 6. The third-order valence-corrected chi connectivity index (χ3v) is 4.23. The molecule has 2 aromatic carbocycles. The first-order valence-corrected chi connectivity index (χ1v) is 8.32. The lowest BCUT2D eigenvalue weighted by atomic mass is 9.88. The quantitative estimate of drug-likeness (QED) is 0.458. The van der Waals surface area contributed by atoms with Crippen LogP contribution in [-0.2, 0) is 5.67 Å². The number of benzene rings is 2. The van der Waals surface area contributed by atoms with Gasteiger partial charge >= 0.3 is 0 Å². The molecule has 0 saturated carbocycles. The minimum Gasteiger partial charge on any atom is -0.305 e. The number of halogens is 1. The second kappa shape index (κ2) is 7.12. The van der Waals surface area contributed by atoms with Crippen LogP contribution in [0.1, 0.15) is 50.3 Å². The lowest BCUT2D eigenvalue weighted by molar-refractivity contribution is 0.222. The molecule has 1 N–H and O–H groups in total. The van der Waals surface area contributed by atoms with Crippen LogP contribution in [0.25, 0.3) is 11.1 Å². The van der Waals surface area contributed by atoms with Crippen LogP contribution in [0, 0.1) is 12.3 Å². The monoisotopic (exact) mass is 323 g/mol. The van der Waals surface area contributed by atoms with Gasteiger partial charge in [0.05, 0.1) is 0 Å². The van der Waals surface area contributed by atoms with Gasteiger partial charge in [0.25, 0.3) is 0 Å². The van der Waals surface area contributed by atoms with Crippen molar-refractivity contribution < 1.29 is 4.39 Å². The molecule has 2 heteroatoms. The Morgan fingerprint density at radius 1 is 1.08 bits per heavy atom. The van der Waals surface area contributed by atoms with Gasteiger partial charge in [-0.1, -0.05) is 42.0 Å². The second-order valence-corrected chi connectivity index (χ2v) is 6.98. The van der Waals surface area contributed by atoms with Crippen molar-refractivity contribution in [1.29, 1.82) is 5.41 Å². The molecule has 0 heterocycles. The fourth-order valence-corrected chi connectivity index (χ4v) is 2.87. The number of nitrogens with one attached hydrogen (secondary N) is 1. The molecule has 0 saturated heterocycles. The van der Waals surface area contributed by atoms with E-state index in [9.17, 15) is 4.39 Å². The summed E-state index contributed by atoms with van der Waals surface area (Å²) in [4.78, 5) is 0. The molecule has 0 radical (unpaired) electrons. The summed E-state index contributed by atoms with van der Waals surface area (Å²) in [5, 5.41) is 8.24. The molecular weight excluding hydrogens is 297 g/mol. The minimum atomic E-state index is -1.39. The van der Waals surface area contributed by atoms with Crippen molar-refractivity contribution in [2.75, 3.05) is 0 Å². The van der Waals surface area contributed by atoms with Crippen molar-refractivity contribution in [2.45, 2.75) is 46.2 Å². The molecule has 0 unspecified atom stereocenters. The zero-order valence-corrected chi connectivity index (χ0v) is 15.0. The van der Waals surface area contributed by atoms with Crippen LogP contribution in [0.15, 0.2) is 54.6 Å². The van der Waals surface area contributed by atoms with Crippen LogP contribution in [0.3, 0.4) is 0 Å². The Morgan fingerprint density at radius 3 is 2.33 bits per heavy atom. The summed E-state index contributed by atoms with van der Waals surface area (Å²) in [5.74, 6) is 0. The van der Waals surface area contributed by atoms with E-state index < -0.39 is 5.67 Å². The highest BCUT2D eigenvalue weighted by atomic mass is 19.1. The van der Waals surface area contributed by atoms with Crippen LogP contribution in [0.4, 0.5) is 4.39 Å². The molecule has 0 aliphatic heterocycles. The molecule has 126 valence electrons. The van der Waals surface area contributed by atoms with Gasteiger partial charge in [0.15, 0.2) is 0 Å². The summed E-state index contributed by atoms with van der Waals surface area (Å²) in [6, 6.07) is 13.6. The summed E-state index contributed by atoms with van der Waals surface area (Å²) in [6.45, 7) is 11.1. The Balaban J connectivity index is 2.38. The van der Waals surface area contributed by atoms with Crippen molar-refractivity contribution in [1.82, 2.24) is 0 Å². The number of allylic oxidation sites excluding steroid dienone is 1. The van der Waals surface area contributed by atoms with Gasteiger partial charge in [-0.3, -0.25) is 0 Å². The highest BCUT2D eigenvalue weighted by Gasteiger charge is 2.23. The summed E-state index contributed by atoms with van der Waals surface area (Å²) >= 11 is 0. The predicted octanol–water partition coefficient (Wildman–Crippen LogP) is 6.59. The van der Waals surface area contributed by atoms with E-state index in [1.165, 1.54) is 0 Å². The average Bonchev–Trinajstić information content (AvgIpc) is 2.51. The van der Waals surface area contributed by atoms with Crippen LogP contribution < -0.4 is 0 Å². The smallest absolute Gasteiger partial charge is 0.131 e. The standard InChI is InChI=1S/C22H26FN/c1-15(2)10-13-21(24)17-11-12-18(16(3)14-17)19-8-6-7-9-20(19)22(4,5)23/h6-9,11-12,14,24H,1,10,13H2,2-5H3. The summed E-state index contributed by atoms with van der Waals surface area (Å²) < 4.78 is 14.5. The number of aryl methyl sites for hydroxylation is 1. The van der Waals surface area contributed by atoms with Crippen molar-refractivity contribution in [3.05, 3.63) is 71.3 Å². The molecule has 0 aliphatic rings. The van der Waals surface area contributed by atoms with Crippen molar-refractivity contribution >= 4 is 5.71 Å². The van der Waals surface area contributed by atoms with Crippen molar-refractivity contribution in [3.8, 4) is 11.1 Å². The van der Waals surface area contributed by atoms with E-state index in [0.29, 0.717) is 17.7 Å². The second-order valence-electron chi connectivity index (χ2n) is 6.98. The van der Waals surface area contributed by atoms with Gasteiger partial charge in [-0.25, -0.2) is 4.39 Å². The zero-order valence-electron chi connectivity index (χ0n) is 15.0. The first kappa shape index (κ1) is 18.1. The Hall–Kier alpha value is -2.22. The molecule has 0 fully saturated rings. The van der Waals surface area contributed by atoms with Gasteiger partial charge in [-0.2, -0.15) is 0 Å². The van der Waals surface area contributed by atoms with E-state index in [1.54, 1.807) is 13.8 Å². The van der Waals surface area contributed by atoms with Crippen LogP contribution in [-0.4, -0.2) is 5.71 Å². The molecule has 0 bridgehead atoms.